The summed E-state index contributed by atoms with van der Waals surface area (Å²) in [7, 11) is -1.33. The van der Waals surface area contributed by atoms with Gasteiger partial charge in [-0.25, -0.2) is 8.42 Å². The van der Waals surface area contributed by atoms with Gasteiger partial charge in [0.25, 0.3) is 10.0 Å². The minimum absolute atomic E-state index is 0.0112. The van der Waals surface area contributed by atoms with Crippen molar-refractivity contribution in [2.75, 3.05) is 25.1 Å². The van der Waals surface area contributed by atoms with Gasteiger partial charge in [-0.05, 0) is 75.7 Å². The number of sulfonamides is 1. The van der Waals surface area contributed by atoms with E-state index in [9.17, 15) is 18.0 Å². The quantitative estimate of drug-likeness (QED) is 0.320. The van der Waals surface area contributed by atoms with Crippen LogP contribution >= 0.6 is 11.6 Å². The molecule has 2 amide bonds. The molecule has 0 aliphatic carbocycles. The normalized spacial score (nSPS) is 12.0. The Morgan fingerprint density at radius 1 is 0.951 bits per heavy atom. The van der Waals surface area contributed by atoms with Crippen LogP contribution in [-0.2, 0) is 26.2 Å². The number of ether oxygens (including phenoxy) is 2. The monoisotopic (exact) mass is 601 g/mol. The summed E-state index contributed by atoms with van der Waals surface area (Å²) < 4.78 is 39.8. The second-order valence-electron chi connectivity index (χ2n) is 9.85. The number of aryl methyl sites for hydroxylation is 1. The first-order chi connectivity index (χ1) is 19.4. The summed E-state index contributed by atoms with van der Waals surface area (Å²) in [4.78, 5) is 28.5. The van der Waals surface area contributed by atoms with Gasteiger partial charge in [0.15, 0.2) is 0 Å². The van der Waals surface area contributed by atoms with E-state index >= 15 is 0 Å². The molecule has 1 N–H and O–H groups in total. The minimum atomic E-state index is -4.27. The highest BCUT2D eigenvalue weighted by Crippen LogP contribution is 2.35. The van der Waals surface area contributed by atoms with Crippen molar-refractivity contribution >= 4 is 39.1 Å². The lowest BCUT2D eigenvalue weighted by molar-refractivity contribution is -0.139. The highest BCUT2D eigenvalue weighted by atomic mass is 35.5. The molecule has 3 rings (SSSR count). The standard InChI is InChI=1S/C30H36ClN3O6S/c1-20(2)32-30(36)22(4)33(18-23-8-7-9-25(16-23)39-5)29(35)19-34(27-17-24(31)12-15-28(27)40-6)41(37,38)26-13-10-21(3)11-14-26/h7-17,20,22H,18-19H2,1-6H3,(H,32,36)/t22-/m0/s1. The van der Waals surface area contributed by atoms with E-state index in [1.165, 1.54) is 43.4 Å². The number of benzene rings is 3. The van der Waals surface area contributed by atoms with Crippen LogP contribution in [-0.4, -0.2) is 58.0 Å². The van der Waals surface area contributed by atoms with E-state index in [-0.39, 0.29) is 39.8 Å². The maximum Gasteiger partial charge on any atom is 0.264 e. The number of methoxy groups -OCH3 is 2. The molecular formula is C30H36ClN3O6S. The summed E-state index contributed by atoms with van der Waals surface area (Å²) in [6, 6.07) is 16.9. The fourth-order valence-electron chi connectivity index (χ4n) is 4.16. The molecule has 0 aromatic heterocycles. The Hall–Kier alpha value is -3.76. The van der Waals surface area contributed by atoms with Gasteiger partial charge in [-0.15, -0.1) is 0 Å². The molecule has 3 aromatic carbocycles. The van der Waals surface area contributed by atoms with Crippen LogP contribution < -0.4 is 19.1 Å². The zero-order chi connectivity index (χ0) is 30.3. The number of hydrogen-bond donors (Lipinski definition) is 1. The molecule has 220 valence electrons. The molecule has 0 fully saturated rings. The predicted octanol–water partition coefficient (Wildman–Crippen LogP) is 4.80. The average Bonchev–Trinajstić information content (AvgIpc) is 2.94. The van der Waals surface area contributed by atoms with E-state index < -0.39 is 28.5 Å². The molecular weight excluding hydrogens is 566 g/mol. The van der Waals surface area contributed by atoms with Crippen LogP contribution in [0.3, 0.4) is 0 Å². The molecule has 1 atom stereocenters. The van der Waals surface area contributed by atoms with Gasteiger partial charge in [0.05, 0.1) is 24.8 Å². The molecule has 9 nitrogen and oxygen atoms in total. The number of anilines is 1. The molecule has 0 radical (unpaired) electrons. The third-order valence-electron chi connectivity index (χ3n) is 6.38. The van der Waals surface area contributed by atoms with Crippen LogP contribution in [0, 0.1) is 6.92 Å². The largest absolute Gasteiger partial charge is 0.497 e. The first-order valence-electron chi connectivity index (χ1n) is 13.0. The Labute approximate surface area is 247 Å². The molecule has 0 saturated heterocycles. The third-order valence-corrected chi connectivity index (χ3v) is 8.39. The lowest BCUT2D eigenvalue weighted by atomic mass is 10.1. The summed E-state index contributed by atoms with van der Waals surface area (Å²) in [5.41, 5.74) is 1.67. The highest BCUT2D eigenvalue weighted by Gasteiger charge is 2.34. The summed E-state index contributed by atoms with van der Waals surface area (Å²) in [6.45, 7) is 6.51. The number of carbonyl (C=O) groups excluding carboxylic acids is 2. The van der Waals surface area contributed by atoms with E-state index in [1.807, 2.05) is 20.8 Å². The van der Waals surface area contributed by atoms with Gasteiger partial charge in [0.2, 0.25) is 11.8 Å². The van der Waals surface area contributed by atoms with Gasteiger partial charge in [0, 0.05) is 17.6 Å². The number of amides is 2. The van der Waals surface area contributed by atoms with Gasteiger partial charge in [0.1, 0.15) is 24.1 Å². The third kappa shape index (κ3) is 7.92. The Morgan fingerprint density at radius 2 is 1.63 bits per heavy atom. The second-order valence-corrected chi connectivity index (χ2v) is 12.2. The van der Waals surface area contributed by atoms with Crippen LogP contribution in [0.4, 0.5) is 5.69 Å². The molecule has 11 heteroatoms. The number of rotatable bonds is 12. The molecule has 0 heterocycles. The van der Waals surface area contributed by atoms with E-state index in [1.54, 1.807) is 49.4 Å². The zero-order valence-electron chi connectivity index (χ0n) is 24.0. The van der Waals surface area contributed by atoms with Crippen molar-refractivity contribution in [3.05, 3.63) is 82.9 Å². The Kier molecular flexibility index (Phi) is 10.6. The fraction of sp³-hybridized carbons (Fsp3) is 0.333. The molecule has 0 aliphatic heterocycles. The lowest BCUT2D eigenvalue weighted by Gasteiger charge is -2.32. The second kappa shape index (κ2) is 13.7. The van der Waals surface area contributed by atoms with Crippen LogP contribution in [0.2, 0.25) is 5.02 Å². The van der Waals surface area contributed by atoms with Crippen molar-refractivity contribution in [3.8, 4) is 11.5 Å². The number of carbonyl (C=O) groups is 2. The summed E-state index contributed by atoms with van der Waals surface area (Å²) >= 11 is 6.27. The van der Waals surface area contributed by atoms with Crippen molar-refractivity contribution in [2.45, 2.75) is 51.2 Å². The van der Waals surface area contributed by atoms with Gasteiger partial charge in [-0.3, -0.25) is 13.9 Å². The van der Waals surface area contributed by atoms with E-state index in [4.69, 9.17) is 21.1 Å². The highest BCUT2D eigenvalue weighted by molar-refractivity contribution is 7.92. The topological polar surface area (TPSA) is 105 Å². The number of hydrogen-bond acceptors (Lipinski definition) is 6. The van der Waals surface area contributed by atoms with Crippen molar-refractivity contribution in [2.24, 2.45) is 0 Å². The fourth-order valence-corrected chi connectivity index (χ4v) is 5.75. The van der Waals surface area contributed by atoms with Crippen molar-refractivity contribution in [3.63, 3.8) is 0 Å². The van der Waals surface area contributed by atoms with Gasteiger partial charge >= 0.3 is 0 Å². The summed E-state index contributed by atoms with van der Waals surface area (Å²) in [5.74, 6) is -0.175. The molecule has 0 unspecified atom stereocenters. The maximum atomic E-state index is 14.1. The van der Waals surface area contributed by atoms with E-state index in [2.05, 4.69) is 5.32 Å². The van der Waals surface area contributed by atoms with Crippen LogP contribution in [0.15, 0.2) is 71.6 Å². The molecule has 41 heavy (non-hydrogen) atoms. The van der Waals surface area contributed by atoms with Gasteiger partial charge in [-0.1, -0.05) is 41.4 Å². The number of halogens is 1. The van der Waals surface area contributed by atoms with E-state index in [0.29, 0.717) is 11.3 Å². The molecule has 0 saturated carbocycles. The van der Waals surface area contributed by atoms with Gasteiger partial charge < -0.3 is 19.7 Å². The van der Waals surface area contributed by atoms with Crippen LogP contribution in [0.5, 0.6) is 11.5 Å². The summed E-state index contributed by atoms with van der Waals surface area (Å²) in [5, 5.41) is 3.09. The van der Waals surface area contributed by atoms with Crippen molar-refractivity contribution in [1.82, 2.24) is 10.2 Å². The maximum absolute atomic E-state index is 14.1. The SMILES string of the molecule is COc1cccc(CN(C(=O)CN(c2cc(Cl)ccc2OC)S(=O)(=O)c2ccc(C)cc2)[C@@H](C)C(=O)NC(C)C)c1. The number of nitrogens with one attached hydrogen (secondary N) is 1. The molecule has 0 bridgehead atoms. The molecule has 0 spiro atoms. The summed E-state index contributed by atoms with van der Waals surface area (Å²) in [6.07, 6.45) is 0. The van der Waals surface area contributed by atoms with E-state index in [0.717, 1.165) is 9.87 Å². The van der Waals surface area contributed by atoms with Crippen LogP contribution in [0.1, 0.15) is 31.9 Å². The Balaban J connectivity index is 2.11. The first kappa shape index (κ1) is 31.8. The van der Waals surface area contributed by atoms with Crippen molar-refractivity contribution in [1.29, 1.82) is 0 Å². The van der Waals surface area contributed by atoms with Gasteiger partial charge in [-0.2, -0.15) is 0 Å². The van der Waals surface area contributed by atoms with Crippen molar-refractivity contribution < 1.29 is 27.5 Å². The predicted molar refractivity (Wildman–Crippen MR) is 160 cm³/mol. The smallest absolute Gasteiger partial charge is 0.264 e. The van der Waals surface area contributed by atoms with Crippen LogP contribution in [0.25, 0.3) is 0 Å². The molecule has 3 aromatic rings. The number of nitrogens with zero attached hydrogens (tertiary/aromatic N) is 2. The minimum Gasteiger partial charge on any atom is -0.497 e. The zero-order valence-corrected chi connectivity index (χ0v) is 25.6. The lowest BCUT2D eigenvalue weighted by Crippen LogP contribution is -2.52. The first-order valence-corrected chi connectivity index (χ1v) is 14.8. The molecule has 0 aliphatic rings. The Bertz CT molecular complexity index is 1480. The average molecular weight is 602 g/mol. The Morgan fingerprint density at radius 3 is 2.24 bits per heavy atom.